The van der Waals surface area contributed by atoms with Crippen molar-refractivity contribution in [3.63, 3.8) is 0 Å². The maximum atomic E-state index is 5.47. The second-order valence-electron chi connectivity index (χ2n) is 6.40. The Balaban J connectivity index is 1.60. The van der Waals surface area contributed by atoms with Crippen LogP contribution < -0.4 is 19.5 Å². The van der Waals surface area contributed by atoms with Gasteiger partial charge in [-0.25, -0.2) is 9.97 Å². The van der Waals surface area contributed by atoms with Crippen molar-refractivity contribution in [1.82, 2.24) is 9.97 Å². The van der Waals surface area contributed by atoms with Crippen LogP contribution in [0.4, 0.5) is 5.82 Å². The molecule has 27 heavy (non-hydrogen) atoms. The molecule has 6 nitrogen and oxygen atoms in total. The number of anilines is 1. The van der Waals surface area contributed by atoms with Gasteiger partial charge in [0.05, 0.1) is 18.8 Å². The Morgan fingerprint density at radius 1 is 1.04 bits per heavy atom. The summed E-state index contributed by atoms with van der Waals surface area (Å²) in [5.41, 5.74) is 2.92. The fourth-order valence-corrected chi connectivity index (χ4v) is 3.06. The summed E-state index contributed by atoms with van der Waals surface area (Å²) < 4.78 is 16.2. The van der Waals surface area contributed by atoms with Crippen LogP contribution in [0.3, 0.4) is 0 Å². The Morgan fingerprint density at radius 2 is 1.89 bits per heavy atom. The lowest BCUT2D eigenvalue weighted by atomic mass is 10.1. The van der Waals surface area contributed by atoms with Crippen LogP contribution in [0, 0.1) is 6.92 Å². The van der Waals surface area contributed by atoms with Gasteiger partial charge in [-0.3, -0.25) is 0 Å². The molecule has 3 aromatic rings. The lowest BCUT2D eigenvalue weighted by Gasteiger charge is -2.17. The number of benzene rings is 2. The second kappa shape index (κ2) is 7.15. The highest BCUT2D eigenvalue weighted by molar-refractivity contribution is 5.66. The molecule has 1 aromatic heterocycles. The Labute approximate surface area is 158 Å². The smallest absolute Gasteiger partial charge is 0.231 e. The molecule has 138 valence electrons. The molecule has 6 heteroatoms. The van der Waals surface area contributed by atoms with E-state index in [1.165, 1.54) is 0 Å². The molecule has 0 radical (unpaired) electrons. The van der Waals surface area contributed by atoms with Crippen molar-refractivity contribution in [3.8, 4) is 28.5 Å². The molecule has 2 aromatic carbocycles. The van der Waals surface area contributed by atoms with Crippen molar-refractivity contribution in [1.29, 1.82) is 0 Å². The molecule has 0 bridgehead atoms. The average Bonchev–Trinajstić information content (AvgIpc) is 3.15. The van der Waals surface area contributed by atoms with Gasteiger partial charge in [0.2, 0.25) is 6.79 Å². The van der Waals surface area contributed by atoms with E-state index < -0.39 is 0 Å². The summed E-state index contributed by atoms with van der Waals surface area (Å²) in [6, 6.07) is 15.8. The molecule has 2 heterocycles. The number of aryl methyl sites for hydroxylation is 1. The van der Waals surface area contributed by atoms with E-state index in [1.54, 1.807) is 7.11 Å². The highest BCUT2D eigenvalue weighted by Crippen LogP contribution is 2.36. The minimum atomic E-state index is 0.0685. The third-order valence-corrected chi connectivity index (χ3v) is 4.46. The summed E-state index contributed by atoms with van der Waals surface area (Å²) in [6.07, 6.45) is 0. The van der Waals surface area contributed by atoms with Gasteiger partial charge < -0.3 is 19.5 Å². The van der Waals surface area contributed by atoms with Gasteiger partial charge in [-0.2, -0.15) is 0 Å². The minimum absolute atomic E-state index is 0.0685. The Kier molecular flexibility index (Phi) is 4.54. The van der Waals surface area contributed by atoms with Gasteiger partial charge in [0.15, 0.2) is 11.5 Å². The van der Waals surface area contributed by atoms with E-state index in [-0.39, 0.29) is 12.8 Å². The first-order valence-electron chi connectivity index (χ1n) is 8.78. The Bertz CT molecular complexity index is 975. The summed E-state index contributed by atoms with van der Waals surface area (Å²) in [4.78, 5) is 9.10. The molecule has 1 aliphatic rings. The summed E-state index contributed by atoms with van der Waals surface area (Å²) in [7, 11) is 1.67. The average molecular weight is 363 g/mol. The van der Waals surface area contributed by atoms with Crippen LogP contribution in [0.1, 0.15) is 24.4 Å². The van der Waals surface area contributed by atoms with Gasteiger partial charge in [-0.1, -0.05) is 12.1 Å². The lowest BCUT2D eigenvalue weighted by molar-refractivity contribution is 0.174. The molecule has 1 aliphatic heterocycles. The standard InChI is InChI=1S/C21H21N3O3/c1-13(15-5-4-6-17(9-15)25-3)22-21-11-18(23-14(2)24-21)16-7-8-19-20(10-16)27-12-26-19/h4-11,13H,12H2,1-3H3,(H,22,23,24)/t13-/m0/s1. The molecule has 4 rings (SSSR count). The number of fused-ring (bicyclic) bond motifs is 1. The van der Waals surface area contributed by atoms with Crippen molar-refractivity contribution in [2.75, 3.05) is 19.2 Å². The van der Waals surface area contributed by atoms with Crippen molar-refractivity contribution in [2.24, 2.45) is 0 Å². The first-order valence-corrected chi connectivity index (χ1v) is 8.78. The maximum Gasteiger partial charge on any atom is 0.231 e. The van der Waals surface area contributed by atoms with Crippen LogP contribution in [0.15, 0.2) is 48.5 Å². The van der Waals surface area contributed by atoms with Crippen molar-refractivity contribution >= 4 is 5.82 Å². The predicted octanol–water partition coefficient (Wildman–Crippen LogP) is 4.36. The predicted molar refractivity (Wildman–Crippen MR) is 103 cm³/mol. The zero-order valence-corrected chi connectivity index (χ0v) is 15.5. The summed E-state index contributed by atoms with van der Waals surface area (Å²) in [6.45, 7) is 4.23. The van der Waals surface area contributed by atoms with Crippen molar-refractivity contribution in [3.05, 3.63) is 59.9 Å². The molecule has 0 fully saturated rings. The van der Waals surface area contributed by atoms with E-state index in [0.717, 1.165) is 39.9 Å². The van der Waals surface area contributed by atoms with Gasteiger partial charge in [0, 0.05) is 11.6 Å². The molecule has 1 atom stereocenters. The molecule has 0 spiro atoms. The fourth-order valence-electron chi connectivity index (χ4n) is 3.06. The molecular formula is C21H21N3O3. The van der Waals surface area contributed by atoms with Crippen LogP contribution >= 0.6 is 0 Å². The SMILES string of the molecule is COc1cccc([C@H](C)Nc2cc(-c3ccc4c(c3)OCO4)nc(C)n2)c1. The topological polar surface area (TPSA) is 65.5 Å². The first kappa shape index (κ1) is 17.1. The molecule has 0 aliphatic carbocycles. The van der Waals surface area contributed by atoms with Crippen LogP contribution in [0.25, 0.3) is 11.3 Å². The monoisotopic (exact) mass is 363 g/mol. The van der Waals surface area contributed by atoms with E-state index in [9.17, 15) is 0 Å². The lowest BCUT2D eigenvalue weighted by Crippen LogP contribution is -2.09. The molecular weight excluding hydrogens is 342 g/mol. The van der Waals surface area contributed by atoms with Gasteiger partial charge in [0.1, 0.15) is 17.4 Å². The van der Waals surface area contributed by atoms with Crippen LogP contribution in [-0.4, -0.2) is 23.9 Å². The van der Waals surface area contributed by atoms with Gasteiger partial charge in [-0.05, 0) is 49.7 Å². The highest BCUT2D eigenvalue weighted by Gasteiger charge is 2.15. The van der Waals surface area contributed by atoms with Crippen molar-refractivity contribution in [2.45, 2.75) is 19.9 Å². The van der Waals surface area contributed by atoms with Gasteiger partial charge in [-0.15, -0.1) is 0 Å². The summed E-state index contributed by atoms with van der Waals surface area (Å²) in [5.74, 6) is 3.80. The molecule has 0 unspecified atom stereocenters. The summed E-state index contributed by atoms with van der Waals surface area (Å²) >= 11 is 0. The third kappa shape index (κ3) is 3.65. The molecule has 0 saturated carbocycles. The number of ether oxygens (including phenoxy) is 3. The largest absolute Gasteiger partial charge is 0.497 e. The zero-order chi connectivity index (χ0) is 18.8. The van der Waals surface area contributed by atoms with Gasteiger partial charge in [0.25, 0.3) is 0 Å². The number of aromatic nitrogens is 2. The van der Waals surface area contributed by atoms with E-state index in [0.29, 0.717) is 5.82 Å². The Hall–Kier alpha value is -3.28. The third-order valence-electron chi connectivity index (χ3n) is 4.46. The minimum Gasteiger partial charge on any atom is -0.497 e. The number of nitrogens with one attached hydrogen (secondary N) is 1. The molecule has 0 amide bonds. The fraction of sp³-hybridized carbons (Fsp3) is 0.238. The van der Waals surface area contributed by atoms with E-state index in [2.05, 4.69) is 28.3 Å². The molecule has 0 saturated heterocycles. The van der Waals surface area contributed by atoms with E-state index >= 15 is 0 Å². The van der Waals surface area contributed by atoms with Gasteiger partial charge >= 0.3 is 0 Å². The zero-order valence-electron chi connectivity index (χ0n) is 15.5. The number of hydrogen-bond donors (Lipinski definition) is 1. The second-order valence-corrected chi connectivity index (χ2v) is 6.40. The van der Waals surface area contributed by atoms with Crippen molar-refractivity contribution < 1.29 is 14.2 Å². The van der Waals surface area contributed by atoms with Crippen LogP contribution in [-0.2, 0) is 0 Å². The van der Waals surface area contributed by atoms with E-state index in [4.69, 9.17) is 14.2 Å². The number of hydrogen-bond acceptors (Lipinski definition) is 6. The number of methoxy groups -OCH3 is 1. The number of rotatable bonds is 5. The quantitative estimate of drug-likeness (QED) is 0.726. The van der Waals surface area contributed by atoms with Crippen LogP contribution in [0.5, 0.6) is 17.2 Å². The normalized spacial score (nSPS) is 13.3. The maximum absolute atomic E-state index is 5.47. The Morgan fingerprint density at radius 3 is 2.74 bits per heavy atom. The summed E-state index contributed by atoms with van der Waals surface area (Å²) in [5, 5.41) is 3.45. The van der Waals surface area contributed by atoms with Crippen LogP contribution in [0.2, 0.25) is 0 Å². The molecule has 1 N–H and O–H groups in total. The first-order chi connectivity index (χ1) is 13.1. The van der Waals surface area contributed by atoms with E-state index in [1.807, 2.05) is 49.4 Å². The highest BCUT2D eigenvalue weighted by atomic mass is 16.7. The number of nitrogens with zero attached hydrogens (tertiary/aromatic N) is 2.